The minimum Gasteiger partial charge on any atom is -0.491 e. The summed E-state index contributed by atoms with van der Waals surface area (Å²) in [7, 11) is 0. The Morgan fingerprint density at radius 2 is 1.85 bits per heavy atom. The molecular weight excluding hydrogens is 248 g/mol. The lowest BCUT2D eigenvalue weighted by Gasteiger charge is -2.14. The van der Waals surface area contributed by atoms with Gasteiger partial charge in [-0.3, -0.25) is 0 Å². The molecule has 0 spiro atoms. The molecule has 0 amide bonds. The van der Waals surface area contributed by atoms with Gasteiger partial charge in [0.05, 0.1) is 12.3 Å². The van der Waals surface area contributed by atoms with Gasteiger partial charge in [0.1, 0.15) is 5.75 Å². The van der Waals surface area contributed by atoms with E-state index in [1.807, 2.05) is 30.3 Å². The highest BCUT2D eigenvalue weighted by molar-refractivity contribution is 5.58. The molecule has 0 saturated heterocycles. The summed E-state index contributed by atoms with van der Waals surface area (Å²) < 4.78 is 5.77. The molecule has 0 aromatic heterocycles. The number of hydrogen-bond donors (Lipinski definition) is 2. The van der Waals surface area contributed by atoms with Crippen LogP contribution in [0, 0.1) is 6.92 Å². The fraction of sp³-hybridized carbons (Fsp3) is 0.294. The minimum atomic E-state index is 0.736. The lowest BCUT2D eigenvalue weighted by Crippen LogP contribution is -2.04. The van der Waals surface area contributed by atoms with Crippen LogP contribution in [0.25, 0.3) is 0 Å². The molecule has 0 radical (unpaired) electrons. The number of rotatable bonds is 6. The second kappa shape index (κ2) is 6.85. The molecule has 0 atom stereocenters. The third-order valence-corrected chi connectivity index (χ3v) is 3.06. The van der Waals surface area contributed by atoms with Gasteiger partial charge < -0.3 is 15.8 Å². The fourth-order valence-electron chi connectivity index (χ4n) is 1.95. The van der Waals surface area contributed by atoms with Gasteiger partial charge in [0.2, 0.25) is 0 Å². The molecule has 3 N–H and O–H groups in total. The Kier molecular flexibility index (Phi) is 4.88. The second-order valence-corrected chi connectivity index (χ2v) is 4.94. The van der Waals surface area contributed by atoms with Gasteiger partial charge in [-0.15, -0.1) is 0 Å². The van der Waals surface area contributed by atoms with E-state index in [1.54, 1.807) is 0 Å². The summed E-state index contributed by atoms with van der Waals surface area (Å²) in [6.45, 7) is 5.68. The number of anilines is 2. The Hall–Kier alpha value is -2.16. The fourth-order valence-corrected chi connectivity index (χ4v) is 1.95. The number of nitrogens with one attached hydrogen (secondary N) is 1. The molecule has 0 aliphatic carbocycles. The summed E-state index contributed by atoms with van der Waals surface area (Å²) in [6.07, 6.45) is 1.01. The highest BCUT2D eigenvalue weighted by Crippen LogP contribution is 2.26. The molecule has 2 aromatic rings. The maximum absolute atomic E-state index is 5.77. The molecular formula is C17H22N2O. The number of nitrogen functional groups attached to an aromatic ring is 1. The maximum Gasteiger partial charge on any atom is 0.142 e. The summed E-state index contributed by atoms with van der Waals surface area (Å²) in [5.74, 6) is 0.910. The Bertz CT molecular complexity index is 549. The van der Waals surface area contributed by atoms with Crippen molar-refractivity contribution in [1.82, 2.24) is 0 Å². The van der Waals surface area contributed by atoms with E-state index in [1.165, 1.54) is 11.1 Å². The van der Waals surface area contributed by atoms with Crippen molar-refractivity contribution in [3.05, 3.63) is 53.6 Å². The van der Waals surface area contributed by atoms with Gasteiger partial charge in [-0.05, 0) is 48.7 Å². The Morgan fingerprint density at radius 3 is 2.55 bits per heavy atom. The molecule has 0 fully saturated rings. The number of benzene rings is 2. The van der Waals surface area contributed by atoms with E-state index in [4.69, 9.17) is 10.5 Å². The monoisotopic (exact) mass is 270 g/mol. The normalized spacial score (nSPS) is 10.3. The molecule has 0 bridgehead atoms. The zero-order chi connectivity index (χ0) is 14.4. The van der Waals surface area contributed by atoms with E-state index in [-0.39, 0.29) is 0 Å². The lowest BCUT2D eigenvalue weighted by molar-refractivity contribution is 0.319. The summed E-state index contributed by atoms with van der Waals surface area (Å²) in [5.41, 5.74) is 9.93. The quantitative estimate of drug-likeness (QED) is 0.781. The van der Waals surface area contributed by atoms with Gasteiger partial charge in [0, 0.05) is 12.2 Å². The van der Waals surface area contributed by atoms with Crippen LogP contribution in [0.3, 0.4) is 0 Å². The first-order chi connectivity index (χ1) is 9.69. The smallest absolute Gasteiger partial charge is 0.142 e. The van der Waals surface area contributed by atoms with Crippen molar-refractivity contribution in [2.45, 2.75) is 26.8 Å². The number of ether oxygens (including phenoxy) is 1. The summed E-state index contributed by atoms with van der Waals surface area (Å²) >= 11 is 0. The van der Waals surface area contributed by atoms with Crippen molar-refractivity contribution < 1.29 is 4.74 Å². The molecule has 0 aliphatic rings. The van der Waals surface area contributed by atoms with Crippen LogP contribution < -0.4 is 15.8 Å². The van der Waals surface area contributed by atoms with Crippen LogP contribution >= 0.6 is 0 Å². The molecule has 2 rings (SSSR count). The SMILES string of the molecule is CCCOc1ccc(C)cc1NCc1ccc(N)cc1. The molecule has 3 nitrogen and oxygen atoms in total. The summed E-state index contributed by atoms with van der Waals surface area (Å²) in [4.78, 5) is 0. The first kappa shape index (κ1) is 14.3. The first-order valence-electron chi connectivity index (χ1n) is 7.01. The van der Waals surface area contributed by atoms with Crippen molar-refractivity contribution in [3.63, 3.8) is 0 Å². The summed E-state index contributed by atoms with van der Waals surface area (Å²) in [5, 5.41) is 3.43. The van der Waals surface area contributed by atoms with E-state index >= 15 is 0 Å². The average molecular weight is 270 g/mol. The number of aryl methyl sites for hydroxylation is 1. The summed E-state index contributed by atoms with van der Waals surface area (Å²) in [6, 6.07) is 14.1. The third kappa shape index (κ3) is 3.92. The molecule has 106 valence electrons. The van der Waals surface area contributed by atoms with Crippen LogP contribution in [0.2, 0.25) is 0 Å². The standard InChI is InChI=1S/C17H22N2O/c1-3-10-20-17-9-4-13(2)11-16(17)19-12-14-5-7-15(18)8-6-14/h4-9,11,19H,3,10,12,18H2,1-2H3. The minimum absolute atomic E-state index is 0.736. The lowest BCUT2D eigenvalue weighted by atomic mass is 10.1. The molecule has 0 aliphatic heterocycles. The van der Waals surface area contributed by atoms with E-state index in [9.17, 15) is 0 Å². The van der Waals surface area contributed by atoms with Crippen LogP contribution in [0.15, 0.2) is 42.5 Å². The van der Waals surface area contributed by atoms with Gasteiger partial charge in [0.25, 0.3) is 0 Å². The van der Waals surface area contributed by atoms with Crippen LogP contribution in [-0.4, -0.2) is 6.61 Å². The van der Waals surface area contributed by atoms with Gasteiger partial charge in [-0.1, -0.05) is 25.1 Å². The van der Waals surface area contributed by atoms with Crippen molar-refractivity contribution in [3.8, 4) is 5.75 Å². The van der Waals surface area contributed by atoms with E-state index in [0.717, 1.165) is 36.7 Å². The van der Waals surface area contributed by atoms with Crippen LogP contribution in [0.4, 0.5) is 11.4 Å². The van der Waals surface area contributed by atoms with Crippen LogP contribution in [-0.2, 0) is 6.54 Å². The number of hydrogen-bond acceptors (Lipinski definition) is 3. The maximum atomic E-state index is 5.77. The Morgan fingerprint density at radius 1 is 1.10 bits per heavy atom. The Balaban J connectivity index is 2.07. The topological polar surface area (TPSA) is 47.3 Å². The third-order valence-electron chi connectivity index (χ3n) is 3.06. The average Bonchev–Trinajstić information content (AvgIpc) is 2.46. The largest absolute Gasteiger partial charge is 0.491 e. The van der Waals surface area contributed by atoms with Crippen molar-refractivity contribution in [2.75, 3.05) is 17.7 Å². The molecule has 0 unspecified atom stereocenters. The number of nitrogens with two attached hydrogens (primary N) is 1. The highest BCUT2D eigenvalue weighted by Gasteiger charge is 2.04. The predicted octanol–water partition coefficient (Wildman–Crippen LogP) is 3.98. The van der Waals surface area contributed by atoms with E-state index < -0.39 is 0 Å². The second-order valence-electron chi connectivity index (χ2n) is 4.94. The molecule has 2 aromatic carbocycles. The van der Waals surface area contributed by atoms with Crippen molar-refractivity contribution in [2.24, 2.45) is 0 Å². The molecule has 0 saturated carbocycles. The zero-order valence-electron chi connectivity index (χ0n) is 12.1. The van der Waals surface area contributed by atoms with Gasteiger partial charge >= 0.3 is 0 Å². The molecule has 0 heterocycles. The van der Waals surface area contributed by atoms with Gasteiger partial charge in [-0.2, -0.15) is 0 Å². The highest BCUT2D eigenvalue weighted by atomic mass is 16.5. The van der Waals surface area contributed by atoms with Gasteiger partial charge in [0.15, 0.2) is 0 Å². The first-order valence-corrected chi connectivity index (χ1v) is 7.01. The zero-order valence-corrected chi connectivity index (χ0v) is 12.1. The molecule has 20 heavy (non-hydrogen) atoms. The van der Waals surface area contributed by atoms with Crippen LogP contribution in [0.5, 0.6) is 5.75 Å². The van der Waals surface area contributed by atoms with Crippen LogP contribution in [0.1, 0.15) is 24.5 Å². The van der Waals surface area contributed by atoms with Gasteiger partial charge in [-0.25, -0.2) is 0 Å². The predicted molar refractivity (Wildman–Crippen MR) is 85.1 cm³/mol. The Labute approximate surface area is 120 Å². The molecule has 3 heteroatoms. The van der Waals surface area contributed by atoms with E-state index in [0.29, 0.717) is 0 Å². The van der Waals surface area contributed by atoms with Crippen molar-refractivity contribution in [1.29, 1.82) is 0 Å². The van der Waals surface area contributed by atoms with E-state index in [2.05, 4.69) is 31.3 Å². The van der Waals surface area contributed by atoms with Crippen molar-refractivity contribution >= 4 is 11.4 Å².